The fourth-order valence-corrected chi connectivity index (χ4v) is 4.28. The average molecular weight is 432 g/mol. The SMILES string of the molecule is COc1cccc(CN(C)C(=O)C[C@H]2C(=O)NCCN2Cc2cccc3ccccc23)c1. The molecular formula is C26H29N3O3. The predicted molar refractivity (Wildman–Crippen MR) is 125 cm³/mol. The summed E-state index contributed by atoms with van der Waals surface area (Å²) in [7, 11) is 3.40. The zero-order valence-electron chi connectivity index (χ0n) is 18.6. The van der Waals surface area contributed by atoms with Crippen LogP contribution in [0.4, 0.5) is 0 Å². The van der Waals surface area contributed by atoms with Gasteiger partial charge in [0.05, 0.1) is 19.6 Å². The van der Waals surface area contributed by atoms with Crippen LogP contribution in [0, 0.1) is 0 Å². The van der Waals surface area contributed by atoms with Crippen LogP contribution in [0.25, 0.3) is 10.8 Å². The molecule has 1 fully saturated rings. The summed E-state index contributed by atoms with van der Waals surface area (Å²) < 4.78 is 5.27. The van der Waals surface area contributed by atoms with Gasteiger partial charge in [-0.2, -0.15) is 0 Å². The number of methoxy groups -OCH3 is 1. The summed E-state index contributed by atoms with van der Waals surface area (Å²) in [6, 6.07) is 21.7. The third kappa shape index (κ3) is 4.92. The van der Waals surface area contributed by atoms with Gasteiger partial charge in [0.25, 0.3) is 0 Å². The molecule has 0 aliphatic carbocycles. The summed E-state index contributed by atoms with van der Waals surface area (Å²) in [6.07, 6.45) is 0.150. The molecule has 1 atom stereocenters. The third-order valence-corrected chi connectivity index (χ3v) is 6.04. The van der Waals surface area contributed by atoms with E-state index in [1.165, 1.54) is 16.3 Å². The largest absolute Gasteiger partial charge is 0.497 e. The number of benzene rings is 3. The molecule has 0 unspecified atom stereocenters. The van der Waals surface area contributed by atoms with Crippen molar-refractivity contribution in [1.82, 2.24) is 15.1 Å². The van der Waals surface area contributed by atoms with Gasteiger partial charge < -0.3 is 15.0 Å². The van der Waals surface area contributed by atoms with Crippen molar-refractivity contribution in [2.24, 2.45) is 0 Å². The van der Waals surface area contributed by atoms with Crippen LogP contribution in [0.1, 0.15) is 17.5 Å². The summed E-state index contributed by atoms with van der Waals surface area (Å²) in [5, 5.41) is 5.29. The zero-order valence-corrected chi connectivity index (χ0v) is 18.6. The van der Waals surface area contributed by atoms with Gasteiger partial charge in [-0.25, -0.2) is 0 Å². The van der Waals surface area contributed by atoms with Gasteiger partial charge in [0, 0.05) is 33.2 Å². The van der Waals surface area contributed by atoms with Crippen LogP contribution in [0.5, 0.6) is 5.75 Å². The minimum Gasteiger partial charge on any atom is -0.497 e. The molecule has 4 rings (SSSR count). The standard InChI is InChI=1S/C26H29N3O3/c1-28(17-19-7-5-11-22(15-19)32-2)25(30)16-24-26(31)27-13-14-29(24)18-21-10-6-9-20-8-3-4-12-23(20)21/h3-12,15,24H,13-14,16-18H2,1-2H3,(H,27,31)/t24-/m0/s1. The first-order valence-electron chi connectivity index (χ1n) is 10.9. The van der Waals surface area contributed by atoms with Crippen molar-refractivity contribution >= 4 is 22.6 Å². The van der Waals surface area contributed by atoms with Crippen LogP contribution in [0.3, 0.4) is 0 Å². The molecule has 6 heteroatoms. The van der Waals surface area contributed by atoms with Crippen molar-refractivity contribution in [3.05, 3.63) is 77.9 Å². The summed E-state index contributed by atoms with van der Waals surface area (Å²) in [5.41, 5.74) is 2.15. The first-order valence-corrected chi connectivity index (χ1v) is 10.9. The molecule has 1 aliphatic rings. The molecule has 6 nitrogen and oxygen atoms in total. The molecule has 0 spiro atoms. The molecule has 1 aliphatic heterocycles. The Hall–Kier alpha value is -3.38. The number of hydrogen-bond donors (Lipinski definition) is 1. The van der Waals surface area contributed by atoms with Gasteiger partial charge >= 0.3 is 0 Å². The monoisotopic (exact) mass is 431 g/mol. The van der Waals surface area contributed by atoms with Crippen molar-refractivity contribution in [3.63, 3.8) is 0 Å². The molecule has 32 heavy (non-hydrogen) atoms. The molecule has 1 heterocycles. The number of hydrogen-bond acceptors (Lipinski definition) is 4. The van der Waals surface area contributed by atoms with Crippen LogP contribution < -0.4 is 10.1 Å². The van der Waals surface area contributed by atoms with Gasteiger partial charge in [0.15, 0.2) is 0 Å². The van der Waals surface area contributed by atoms with Crippen molar-refractivity contribution in [2.45, 2.75) is 25.6 Å². The highest BCUT2D eigenvalue weighted by molar-refractivity contribution is 5.89. The summed E-state index contributed by atoms with van der Waals surface area (Å²) in [5.74, 6) is 0.619. The fraction of sp³-hybridized carbons (Fsp3) is 0.308. The second-order valence-corrected chi connectivity index (χ2v) is 8.22. The number of rotatable bonds is 7. The highest BCUT2D eigenvalue weighted by atomic mass is 16.5. The number of piperazine rings is 1. The Kier molecular flexibility index (Phi) is 6.71. The number of amides is 2. The second-order valence-electron chi connectivity index (χ2n) is 8.22. The maximum Gasteiger partial charge on any atom is 0.237 e. The number of fused-ring (bicyclic) bond motifs is 1. The van der Waals surface area contributed by atoms with E-state index in [1.54, 1.807) is 19.1 Å². The molecule has 166 valence electrons. The molecule has 0 saturated carbocycles. The summed E-state index contributed by atoms with van der Waals surface area (Å²) in [4.78, 5) is 29.5. The molecule has 3 aromatic carbocycles. The highest BCUT2D eigenvalue weighted by Crippen LogP contribution is 2.23. The Labute approximate surface area is 188 Å². The lowest BCUT2D eigenvalue weighted by Crippen LogP contribution is -2.56. The zero-order chi connectivity index (χ0) is 22.5. The van der Waals surface area contributed by atoms with Gasteiger partial charge in [0.2, 0.25) is 11.8 Å². The molecule has 1 saturated heterocycles. The van der Waals surface area contributed by atoms with Gasteiger partial charge in [-0.1, -0.05) is 54.6 Å². The number of nitrogens with one attached hydrogen (secondary N) is 1. The number of carbonyl (C=O) groups excluding carboxylic acids is 2. The van der Waals surface area contributed by atoms with Crippen molar-refractivity contribution in [1.29, 1.82) is 0 Å². The van der Waals surface area contributed by atoms with Crippen molar-refractivity contribution < 1.29 is 14.3 Å². The lowest BCUT2D eigenvalue weighted by Gasteiger charge is -2.35. The summed E-state index contributed by atoms with van der Waals surface area (Å²) in [6.45, 7) is 2.40. The third-order valence-electron chi connectivity index (χ3n) is 6.04. The first-order chi connectivity index (χ1) is 15.5. The van der Waals surface area contributed by atoms with Crippen LogP contribution in [0.2, 0.25) is 0 Å². The molecular weight excluding hydrogens is 402 g/mol. The lowest BCUT2D eigenvalue weighted by molar-refractivity contribution is -0.138. The Bertz CT molecular complexity index is 1110. The predicted octanol–water partition coefficient (Wildman–Crippen LogP) is 3.20. The number of ether oxygens (including phenoxy) is 1. The van der Waals surface area contributed by atoms with E-state index in [0.29, 0.717) is 26.2 Å². The highest BCUT2D eigenvalue weighted by Gasteiger charge is 2.32. The minimum atomic E-state index is -0.483. The van der Waals surface area contributed by atoms with Gasteiger partial charge in [0.1, 0.15) is 5.75 Å². The number of nitrogens with zero attached hydrogens (tertiary/aromatic N) is 2. The van der Waals surface area contributed by atoms with E-state index in [2.05, 4.69) is 34.5 Å². The molecule has 0 aromatic heterocycles. The van der Waals surface area contributed by atoms with E-state index >= 15 is 0 Å². The van der Waals surface area contributed by atoms with E-state index in [-0.39, 0.29) is 18.2 Å². The smallest absolute Gasteiger partial charge is 0.237 e. The first kappa shape index (κ1) is 21.8. The topological polar surface area (TPSA) is 61.9 Å². The molecule has 0 radical (unpaired) electrons. The van der Waals surface area contributed by atoms with Crippen LogP contribution >= 0.6 is 0 Å². The quantitative estimate of drug-likeness (QED) is 0.624. The lowest BCUT2D eigenvalue weighted by atomic mass is 10.0. The van der Waals surface area contributed by atoms with Gasteiger partial charge in [-0.15, -0.1) is 0 Å². The van der Waals surface area contributed by atoms with Crippen LogP contribution in [0.15, 0.2) is 66.7 Å². The van der Waals surface area contributed by atoms with Crippen LogP contribution in [-0.4, -0.2) is 54.9 Å². The normalized spacial score (nSPS) is 16.6. The molecule has 2 amide bonds. The van der Waals surface area contributed by atoms with Gasteiger partial charge in [-0.3, -0.25) is 14.5 Å². The summed E-state index contributed by atoms with van der Waals surface area (Å²) >= 11 is 0. The molecule has 3 aromatic rings. The Morgan fingerprint density at radius 2 is 1.91 bits per heavy atom. The minimum absolute atomic E-state index is 0.0576. The second kappa shape index (κ2) is 9.83. The maximum absolute atomic E-state index is 13.0. The maximum atomic E-state index is 13.0. The van der Waals surface area contributed by atoms with Crippen LogP contribution in [-0.2, 0) is 22.7 Å². The van der Waals surface area contributed by atoms with E-state index in [1.807, 2.05) is 42.5 Å². The van der Waals surface area contributed by atoms with E-state index in [4.69, 9.17) is 4.74 Å². The average Bonchev–Trinajstić information content (AvgIpc) is 2.81. The van der Waals surface area contributed by atoms with Crippen molar-refractivity contribution in [2.75, 3.05) is 27.2 Å². The molecule has 1 N–H and O–H groups in total. The molecule has 0 bridgehead atoms. The van der Waals surface area contributed by atoms with E-state index < -0.39 is 6.04 Å². The fourth-order valence-electron chi connectivity index (χ4n) is 4.28. The van der Waals surface area contributed by atoms with Crippen molar-refractivity contribution in [3.8, 4) is 5.75 Å². The van der Waals surface area contributed by atoms with Gasteiger partial charge in [-0.05, 0) is 34.0 Å². The Morgan fingerprint density at radius 3 is 2.75 bits per heavy atom. The Morgan fingerprint density at radius 1 is 1.12 bits per heavy atom. The Balaban J connectivity index is 1.47. The van der Waals surface area contributed by atoms with E-state index in [0.717, 1.165) is 11.3 Å². The number of carbonyl (C=O) groups is 2. The van der Waals surface area contributed by atoms with E-state index in [9.17, 15) is 9.59 Å².